The van der Waals surface area contributed by atoms with Crippen molar-refractivity contribution in [2.24, 2.45) is 0 Å². The van der Waals surface area contributed by atoms with Crippen LogP contribution in [0.2, 0.25) is 0 Å². The van der Waals surface area contributed by atoms with Crippen molar-refractivity contribution in [1.82, 2.24) is 5.32 Å². The molecule has 0 amide bonds. The first kappa shape index (κ1) is 14.7. The van der Waals surface area contributed by atoms with Crippen molar-refractivity contribution in [3.8, 4) is 0 Å². The van der Waals surface area contributed by atoms with Gasteiger partial charge in [0.25, 0.3) is 0 Å². The fourth-order valence-electron chi connectivity index (χ4n) is 2.26. The molecule has 3 heteroatoms. The molecule has 0 aliphatic carbocycles. The maximum Gasteiger partial charge on any atom is 0.328 e. The van der Waals surface area contributed by atoms with Gasteiger partial charge in [-0.15, -0.1) is 0 Å². The number of aliphatic carboxylic acids is 1. The van der Waals surface area contributed by atoms with Gasteiger partial charge in [-0.25, -0.2) is 4.79 Å². The van der Waals surface area contributed by atoms with Gasteiger partial charge in [-0.1, -0.05) is 23.8 Å². The Bertz CT molecular complexity index is 460. The summed E-state index contributed by atoms with van der Waals surface area (Å²) in [5, 5.41) is 12.8. The summed E-state index contributed by atoms with van der Waals surface area (Å²) in [7, 11) is 0. The molecule has 1 atom stereocenters. The van der Waals surface area contributed by atoms with Gasteiger partial charge in [0.2, 0.25) is 0 Å². The number of carboxylic acid groups (broad SMARTS) is 1. The topological polar surface area (TPSA) is 49.3 Å². The number of nitrogens with one attached hydrogen (secondary N) is 1. The van der Waals surface area contributed by atoms with Gasteiger partial charge in [-0.05, 0) is 52.7 Å². The molecular weight excluding hydrogens is 226 g/mol. The van der Waals surface area contributed by atoms with Crippen LogP contribution >= 0.6 is 0 Å². The summed E-state index contributed by atoms with van der Waals surface area (Å²) in [4.78, 5) is 11.7. The van der Waals surface area contributed by atoms with E-state index in [0.29, 0.717) is 0 Å². The van der Waals surface area contributed by atoms with Crippen LogP contribution in [-0.2, 0) is 10.3 Å². The molecule has 1 aromatic rings. The van der Waals surface area contributed by atoms with Gasteiger partial charge >= 0.3 is 5.97 Å². The second-order valence-electron chi connectivity index (χ2n) is 6.12. The minimum Gasteiger partial charge on any atom is -0.480 e. The summed E-state index contributed by atoms with van der Waals surface area (Å²) in [6.07, 6.45) is 0. The van der Waals surface area contributed by atoms with Crippen LogP contribution in [0.4, 0.5) is 0 Å². The molecule has 0 radical (unpaired) electrons. The highest BCUT2D eigenvalue weighted by Crippen LogP contribution is 2.28. The molecule has 0 spiro atoms. The van der Waals surface area contributed by atoms with Crippen LogP contribution in [0, 0.1) is 13.8 Å². The van der Waals surface area contributed by atoms with Crippen molar-refractivity contribution in [3.63, 3.8) is 0 Å². The number of carboxylic acids is 1. The van der Waals surface area contributed by atoms with Crippen LogP contribution in [-0.4, -0.2) is 16.6 Å². The number of aryl methyl sites for hydroxylation is 2. The molecule has 0 heterocycles. The van der Waals surface area contributed by atoms with Gasteiger partial charge < -0.3 is 5.11 Å². The van der Waals surface area contributed by atoms with Gasteiger partial charge in [-0.2, -0.15) is 0 Å². The monoisotopic (exact) mass is 249 g/mol. The van der Waals surface area contributed by atoms with Gasteiger partial charge in [0, 0.05) is 5.54 Å². The lowest BCUT2D eigenvalue weighted by Gasteiger charge is -2.35. The number of carbonyl (C=O) groups is 1. The fraction of sp³-hybridized carbons (Fsp3) is 0.533. The largest absolute Gasteiger partial charge is 0.480 e. The molecule has 3 nitrogen and oxygen atoms in total. The van der Waals surface area contributed by atoms with Crippen LogP contribution in [0.3, 0.4) is 0 Å². The Morgan fingerprint density at radius 2 is 1.72 bits per heavy atom. The summed E-state index contributed by atoms with van der Waals surface area (Å²) in [6, 6.07) is 5.91. The Kier molecular flexibility index (Phi) is 3.86. The standard InChI is InChI=1S/C15H23NO2/c1-10-7-8-11(2)12(9-10)15(6,13(17)18)16-14(3,4)5/h7-9,16H,1-6H3,(H,17,18). The minimum absolute atomic E-state index is 0.274. The smallest absolute Gasteiger partial charge is 0.328 e. The highest BCUT2D eigenvalue weighted by atomic mass is 16.4. The molecule has 0 bridgehead atoms. The normalized spacial score (nSPS) is 15.2. The Labute approximate surface area is 109 Å². The molecule has 0 saturated heterocycles. The van der Waals surface area contributed by atoms with Gasteiger partial charge in [0.05, 0.1) is 0 Å². The molecule has 1 rings (SSSR count). The molecule has 0 aliphatic heterocycles. The number of hydrogen-bond acceptors (Lipinski definition) is 2. The van der Waals surface area contributed by atoms with E-state index in [1.54, 1.807) is 6.92 Å². The maximum atomic E-state index is 11.7. The molecule has 18 heavy (non-hydrogen) atoms. The zero-order chi connectivity index (χ0) is 14.1. The summed E-state index contributed by atoms with van der Waals surface area (Å²) in [5.74, 6) is -0.855. The number of benzene rings is 1. The minimum atomic E-state index is -1.08. The van der Waals surface area contributed by atoms with Crippen LogP contribution in [0.5, 0.6) is 0 Å². The molecule has 2 N–H and O–H groups in total. The van der Waals surface area contributed by atoms with E-state index in [0.717, 1.165) is 16.7 Å². The number of rotatable bonds is 3. The van der Waals surface area contributed by atoms with E-state index in [2.05, 4.69) is 5.32 Å². The van der Waals surface area contributed by atoms with Crippen molar-refractivity contribution in [2.45, 2.75) is 52.6 Å². The van der Waals surface area contributed by atoms with E-state index in [9.17, 15) is 9.90 Å². The summed E-state index contributed by atoms with van der Waals surface area (Å²) < 4.78 is 0. The first-order valence-corrected chi connectivity index (χ1v) is 6.17. The van der Waals surface area contributed by atoms with Crippen molar-refractivity contribution < 1.29 is 9.90 Å². The molecule has 1 aromatic carbocycles. The van der Waals surface area contributed by atoms with E-state index in [1.807, 2.05) is 52.8 Å². The molecule has 100 valence electrons. The van der Waals surface area contributed by atoms with Crippen molar-refractivity contribution >= 4 is 5.97 Å². The third kappa shape index (κ3) is 3.10. The molecular formula is C15H23NO2. The van der Waals surface area contributed by atoms with Crippen LogP contribution in [0.1, 0.15) is 44.4 Å². The van der Waals surface area contributed by atoms with E-state index in [4.69, 9.17) is 0 Å². The predicted molar refractivity (Wildman–Crippen MR) is 73.8 cm³/mol. The Morgan fingerprint density at radius 1 is 1.17 bits per heavy atom. The second kappa shape index (κ2) is 4.73. The average Bonchev–Trinajstić information content (AvgIpc) is 2.18. The highest BCUT2D eigenvalue weighted by Gasteiger charge is 2.39. The summed E-state index contributed by atoms with van der Waals surface area (Å²) >= 11 is 0. The molecule has 0 aliphatic rings. The summed E-state index contributed by atoms with van der Waals surface area (Å²) in [6.45, 7) is 11.6. The van der Waals surface area contributed by atoms with Crippen LogP contribution in [0.25, 0.3) is 0 Å². The Balaban J connectivity index is 3.36. The quantitative estimate of drug-likeness (QED) is 0.865. The zero-order valence-corrected chi connectivity index (χ0v) is 12.1. The van der Waals surface area contributed by atoms with Crippen molar-refractivity contribution in [2.75, 3.05) is 0 Å². The van der Waals surface area contributed by atoms with E-state index in [1.165, 1.54) is 0 Å². The lowest BCUT2D eigenvalue weighted by atomic mass is 9.85. The van der Waals surface area contributed by atoms with Crippen molar-refractivity contribution in [3.05, 3.63) is 34.9 Å². The van der Waals surface area contributed by atoms with E-state index in [-0.39, 0.29) is 5.54 Å². The molecule has 0 fully saturated rings. The summed E-state index contributed by atoms with van der Waals surface area (Å²) in [5.41, 5.74) is 1.53. The van der Waals surface area contributed by atoms with Gasteiger partial charge in [-0.3, -0.25) is 5.32 Å². The average molecular weight is 249 g/mol. The SMILES string of the molecule is Cc1ccc(C)c(C(C)(NC(C)(C)C)C(=O)O)c1. The molecule has 1 unspecified atom stereocenters. The third-order valence-electron chi connectivity index (χ3n) is 2.98. The first-order valence-electron chi connectivity index (χ1n) is 6.17. The van der Waals surface area contributed by atoms with Crippen molar-refractivity contribution in [1.29, 1.82) is 0 Å². The molecule has 0 saturated carbocycles. The van der Waals surface area contributed by atoms with Crippen LogP contribution < -0.4 is 5.32 Å². The Morgan fingerprint density at radius 3 is 2.17 bits per heavy atom. The lowest BCUT2D eigenvalue weighted by Crippen LogP contribution is -2.55. The van der Waals surface area contributed by atoms with Crippen LogP contribution in [0.15, 0.2) is 18.2 Å². The third-order valence-corrected chi connectivity index (χ3v) is 2.98. The van der Waals surface area contributed by atoms with E-state index < -0.39 is 11.5 Å². The lowest BCUT2D eigenvalue weighted by molar-refractivity contribution is -0.145. The fourth-order valence-corrected chi connectivity index (χ4v) is 2.26. The molecule has 0 aromatic heterocycles. The van der Waals surface area contributed by atoms with E-state index >= 15 is 0 Å². The first-order chi connectivity index (χ1) is 8.06. The predicted octanol–water partition coefficient (Wildman–Crippen LogP) is 2.99. The zero-order valence-electron chi connectivity index (χ0n) is 12.1. The second-order valence-corrected chi connectivity index (χ2v) is 6.12. The highest BCUT2D eigenvalue weighted by molar-refractivity contribution is 5.81. The number of hydrogen-bond donors (Lipinski definition) is 2. The van der Waals surface area contributed by atoms with Gasteiger partial charge in [0.15, 0.2) is 0 Å². The maximum absolute atomic E-state index is 11.7. The van der Waals surface area contributed by atoms with Gasteiger partial charge in [0.1, 0.15) is 5.54 Å². The Hall–Kier alpha value is -1.35.